The lowest BCUT2D eigenvalue weighted by molar-refractivity contribution is -0.359. The van der Waals surface area contributed by atoms with E-state index in [1.165, 1.54) is 96.3 Å². The van der Waals surface area contributed by atoms with Gasteiger partial charge in [-0.25, -0.2) is 0 Å². The average Bonchev–Trinajstić information content (AvgIpc) is 0.791. The van der Waals surface area contributed by atoms with E-state index in [0.29, 0.717) is 12.8 Å². The molecule has 2 heterocycles. The van der Waals surface area contributed by atoms with E-state index in [1.807, 2.05) is 6.08 Å². The molecule has 100 heavy (non-hydrogen) atoms. The minimum Gasteiger partial charge on any atom is -0.394 e. The van der Waals surface area contributed by atoms with Crippen molar-refractivity contribution in [2.24, 2.45) is 0 Å². The fourth-order valence-corrected chi connectivity index (χ4v) is 11.7. The number of carbonyl (C=O) groups is 1. The van der Waals surface area contributed by atoms with Crippen molar-refractivity contribution in [3.8, 4) is 0 Å². The van der Waals surface area contributed by atoms with Gasteiger partial charge in [-0.3, -0.25) is 4.79 Å². The zero-order valence-corrected chi connectivity index (χ0v) is 62.1. The second-order valence-corrected chi connectivity index (χ2v) is 26.7. The molecule has 12 atom stereocenters. The van der Waals surface area contributed by atoms with E-state index < -0.39 is 86.8 Å². The predicted molar refractivity (Wildman–Crippen MR) is 414 cm³/mol. The largest absolute Gasteiger partial charge is 0.394 e. The SMILES string of the molecule is CC/C=C\C/C=C\C/C=C\C/C=C\C/C=C\C/C=C\C/C=C\C/C=C\C/C=C\C/C=C\C/C=C\CCCCCCCCCC(=O)NC(COC1OC(CO)C(OC2OC(CO)C(O)C(O)C2O)C(O)C1O)C(O)/C=C/CC/C=C/CC/C=C/CCCCCCCCCCCCCCCCC. The van der Waals surface area contributed by atoms with E-state index in [0.717, 1.165) is 141 Å². The molecule has 0 saturated carbocycles. The van der Waals surface area contributed by atoms with Crippen molar-refractivity contribution < 1.29 is 64.6 Å². The molecule has 14 nitrogen and oxygen atoms in total. The summed E-state index contributed by atoms with van der Waals surface area (Å²) in [5.74, 6) is -0.270. The molecule has 2 aliphatic rings. The highest BCUT2D eigenvalue weighted by molar-refractivity contribution is 5.76. The van der Waals surface area contributed by atoms with Gasteiger partial charge in [0.1, 0.15) is 48.8 Å². The first-order valence-corrected chi connectivity index (χ1v) is 39.4. The highest BCUT2D eigenvalue weighted by atomic mass is 16.7. The summed E-state index contributed by atoms with van der Waals surface area (Å²) in [6, 6.07) is -0.959. The number of unbranched alkanes of at least 4 members (excludes halogenated alkanes) is 24. The molecule has 2 aliphatic heterocycles. The number of nitrogens with one attached hydrogen (secondary N) is 1. The number of hydrogen-bond donors (Lipinski definition) is 9. The smallest absolute Gasteiger partial charge is 0.220 e. The highest BCUT2D eigenvalue weighted by Crippen LogP contribution is 2.30. The van der Waals surface area contributed by atoms with Crippen molar-refractivity contribution in [2.45, 2.75) is 344 Å². The lowest BCUT2D eigenvalue weighted by Crippen LogP contribution is -2.65. The third-order valence-corrected chi connectivity index (χ3v) is 17.9. The van der Waals surface area contributed by atoms with Gasteiger partial charge in [-0.2, -0.15) is 0 Å². The Morgan fingerprint density at radius 1 is 0.370 bits per heavy atom. The molecule has 0 radical (unpaired) electrons. The summed E-state index contributed by atoms with van der Waals surface area (Å²) >= 11 is 0. The predicted octanol–water partition coefficient (Wildman–Crippen LogP) is 17.9. The number of carbonyl (C=O) groups excluding carboxylic acids is 1. The average molecular weight is 1400 g/mol. The van der Waals surface area contributed by atoms with Crippen molar-refractivity contribution in [1.29, 1.82) is 0 Å². The maximum absolute atomic E-state index is 13.4. The van der Waals surface area contributed by atoms with E-state index in [4.69, 9.17) is 18.9 Å². The standard InChI is InChI=1S/C86H141NO13/c1-3-5-7-9-11-13-15-17-19-21-23-25-27-29-30-31-32-33-34-35-36-37-38-39-40-41-42-43-44-46-48-50-52-54-56-58-60-62-64-66-68-70-78(91)87-74(73-97-85-83(96)81(94)84(77(72-89)99-85)100-86-82(95)80(93)79(92)76(71-88)98-86)75(90)69-67-65-63-61-59-57-55-53-51-49-47-45-28-26-24-22-20-18-16-14-12-10-8-6-4-2/h5,7,11,13,17,19,23,25,29-30,32-33,35-36,38-39,41-42,44,46,50-53,59,61,67,69,74-77,79-86,88-90,92-96H,3-4,6,8-10,12,14-16,18,20-22,24,26-28,31,34,37,40,43,45,47-49,54-58,60,62-66,68,70-73H2,1-2H3,(H,87,91)/b7-5-,13-11-,19-17-,25-23-,30-29-,33-32-,36-35-,39-38-,42-41-,46-44-,52-50-,53-51+,61-59+,69-67+. The van der Waals surface area contributed by atoms with Crippen LogP contribution in [0.3, 0.4) is 0 Å². The number of aliphatic hydroxyl groups is 8. The topological polar surface area (TPSA) is 228 Å². The first kappa shape index (κ1) is 91.4. The molecular formula is C86H141NO13. The van der Waals surface area contributed by atoms with Gasteiger partial charge < -0.3 is 65.1 Å². The number of rotatable bonds is 63. The quantitative estimate of drug-likeness (QED) is 0.0204. The highest BCUT2D eigenvalue weighted by Gasteiger charge is 2.51. The summed E-state index contributed by atoms with van der Waals surface area (Å²) < 4.78 is 22.9. The second kappa shape index (κ2) is 67.5. The van der Waals surface area contributed by atoms with Crippen LogP contribution in [-0.4, -0.2) is 140 Å². The van der Waals surface area contributed by atoms with E-state index in [9.17, 15) is 45.6 Å². The van der Waals surface area contributed by atoms with Crippen molar-refractivity contribution in [1.82, 2.24) is 5.32 Å². The zero-order valence-electron chi connectivity index (χ0n) is 62.1. The summed E-state index contributed by atoms with van der Waals surface area (Å²) in [5.41, 5.74) is 0. The van der Waals surface area contributed by atoms with Crippen molar-refractivity contribution in [3.63, 3.8) is 0 Å². The second-order valence-electron chi connectivity index (χ2n) is 26.7. The molecule has 2 saturated heterocycles. The van der Waals surface area contributed by atoms with Crippen LogP contribution in [0.4, 0.5) is 0 Å². The van der Waals surface area contributed by atoms with Crippen LogP contribution >= 0.6 is 0 Å². The Morgan fingerprint density at radius 3 is 1.10 bits per heavy atom. The molecular weight excluding hydrogens is 1250 g/mol. The third-order valence-electron chi connectivity index (χ3n) is 17.9. The molecule has 14 heteroatoms. The molecule has 0 aromatic rings. The summed E-state index contributed by atoms with van der Waals surface area (Å²) in [7, 11) is 0. The normalized spacial score (nSPS) is 22.8. The maximum Gasteiger partial charge on any atom is 0.220 e. The monoisotopic (exact) mass is 1400 g/mol. The molecule has 1 amide bonds. The first-order valence-electron chi connectivity index (χ1n) is 39.4. The van der Waals surface area contributed by atoms with Gasteiger partial charge in [0.2, 0.25) is 5.91 Å². The zero-order chi connectivity index (χ0) is 72.2. The number of ether oxygens (including phenoxy) is 4. The van der Waals surface area contributed by atoms with E-state index in [-0.39, 0.29) is 18.9 Å². The molecule has 0 aromatic carbocycles. The van der Waals surface area contributed by atoms with E-state index in [2.05, 4.69) is 177 Å². The van der Waals surface area contributed by atoms with Crippen LogP contribution in [0.2, 0.25) is 0 Å². The molecule has 0 spiro atoms. The van der Waals surface area contributed by atoms with Crippen LogP contribution in [0, 0.1) is 0 Å². The maximum atomic E-state index is 13.4. The fourth-order valence-electron chi connectivity index (χ4n) is 11.7. The van der Waals surface area contributed by atoms with Crippen LogP contribution in [0.15, 0.2) is 170 Å². The van der Waals surface area contributed by atoms with Gasteiger partial charge >= 0.3 is 0 Å². The van der Waals surface area contributed by atoms with Crippen molar-refractivity contribution >= 4 is 5.91 Å². The van der Waals surface area contributed by atoms with Gasteiger partial charge in [0.15, 0.2) is 12.6 Å². The lowest BCUT2D eigenvalue weighted by atomic mass is 9.97. The van der Waals surface area contributed by atoms with Crippen LogP contribution in [-0.2, 0) is 23.7 Å². The molecule has 568 valence electrons. The molecule has 2 rings (SSSR count). The van der Waals surface area contributed by atoms with Crippen LogP contribution in [0.1, 0.15) is 271 Å². The fraction of sp³-hybridized carbons (Fsp3) is 0.663. The Balaban J connectivity index is 1.66. The number of aliphatic hydroxyl groups excluding tert-OH is 8. The first-order chi connectivity index (χ1) is 49.1. The van der Waals surface area contributed by atoms with Crippen molar-refractivity contribution in [2.75, 3.05) is 19.8 Å². The molecule has 9 N–H and O–H groups in total. The Bertz CT molecular complexity index is 2340. The Labute approximate surface area is 607 Å². The minimum atomic E-state index is -1.80. The van der Waals surface area contributed by atoms with Gasteiger partial charge in [0.05, 0.1) is 32.0 Å². The molecule has 0 bridgehead atoms. The Morgan fingerprint density at radius 2 is 0.700 bits per heavy atom. The number of allylic oxidation sites excluding steroid dienone is 27. The van der Waals surface area contributed by atoms with Gasteiger partial charge in [-0.15, -0.1) is 0 Å². The Hall–Kier alpha value is -4.65. The van der Waals surface area contributed by atoms with Crippen LogP contribution in [0.25, 0.3) is 0 Å². The van der Waals surface area contributed by atoms with Crippen LogP contribution in [0.5, 0.6) is 0 Å². The summed E-state index contributed by atoms with van der Waals surface area (Å²) in [5, 5.41) is 87.6. The molecule has 0 aromatic heterocycles. The number of amides is 1. The van der Waals surface area contributed by atoms with Gasteiger partial charge in [-0.05, 0) is 128 Å². The number of hydrogen-bond acceptors (Lipinski definition) is 13. The van der Waals surface area contributed by atoms with E-state index >= 15 is 0 Å². The molecule has 2 fully saturated rings. The van der Waals surface area contributed by atoms with Gasteiger partial charge in [-0.1, -0.05) is 306 Å². The third kappa shape index (κ3) is 49.9. The molecule has 0 aliphatic carbocycles. The van der Waals surface area contributed by atoms with Gasteiger partial charge in [0.25, 0.3) is 0 Å². The lowest BCUT2D eigenvalue weighted by Gasteiger charge is -2.46. The van der Waals surface area contributed by atoms with E-state index in [1.54, 1.807) is 6.08 Å². The van der Waals surface area contributed by atoms with Crippen molar-refractivity contribution in [3.05, 3.63) is 170 Å². The Kier molecular flexibility index (Phi) is 61.7. The summed E-state index contributed by atoms with van der Waals surface area (Å²) in [4.78, 5) is 13.4. The molecule has 12 unspecified atom stereocenters. The summed E-state index contributed by atoms with van der Waals surface area (Å²) in [6.45, 7) is 2.66. The minimum absolute atomic E-state index is 0.246. The van der Waals surface area contributed by atoms with Gasteiger partial charge in [0, 0.05) is 6.42 Å². The van der Waals surface area contributed by atoms with Crippen LogP contribution < -0.4 is 5.32 Å². The summed E-state index contributed by atoms with van der Waals surface area (Å²) in [6.07, 6.45) is 88.4.